The number of hydrogen-bond acceptors (Lipinski definition) is 3. The molecule has 5 heteroatoms. The zero-order valence-corrected chi connectivity index (χ0v) is 12.8. The van der Waals surface area contributed by atoms with E-state index in [1.807, 2.05) is 17.6 Å². The third kappa shape index (κ3) is 2.36. The predicted octanol–water partition coefficient (Wildman–Crippen LogP) is 3.28. The third-order valence-corrected chi connectivity index (χ3v) is 4.28. The molecule has 0 amide bonds. The Morgan fingerprint density at radius 2 is 2.05 bits per heavy atom. The molecule has 0 saturated carbocycles. The van der Waals surface area contributed by atoms with E-state index in [9.17, 15) is 14.7 Å². The molecule has 1 aliphatic rings. The summed E-state index contributed by atoms with van der Waals surface area (Å²) in [5.41, 5.74) is 2.09. The lowest BCUT2D eigenvalue weighted by molar-refractivity contribution is -0.139. The second-order valence-electron chi connectivity index (χ2n) is 5.88. The molecule has 116 valence electrons. The average molecular weight is 301 g/mol. The SMILES string of the molecule is Cc1ccc(C(=O)c2c(C)cc3n2CCCCC3C(=O)O)o1. The van der Waals surface area contributed by atoms with Crippen molar-refractivity contribution in [3.8, 4) is 0 Å². The molecule has 0 fully saturated rings. The Balaban J connectivity index is 2.10. The van der Waals surface area contributed by atoms with Gasteiger partial charge >= 0.3 is 5.97 Å². The first-order valence-corrected chi connectivity index (χ1v) is 7.53. The maximum Gasteiger partial charge on any atom is 0.312 e. The van der Waals surface area contributed by atoms with Gasteiger partial charge in [0, 0.05) is 12.2 Å². The molecule has 0 aliphatic carbocycles. The number of carbonyl (C=O) groups excluding carboxylic acids is 1. The fourth-order valence-corrected chi connectivity index (χ4v) is 3.23. The standard InChI is InChI=1S/C17H19NO4/c1-10-9-13-12(17(20)21)5-3-4-8-18(13)15(10)16(19)14-7-6-11(2)22-14/h6-7,9,12H,3-5,8H2,1-2H3,(H,20,21). The monoisotopic (exact) mass is 301 g/mol. The van der Waals surface area contributed by atoms with Crippen LogP contribution in [0.25, 0.3) is 0 Å². The molecule has 1 N–H and O–H groups in total. The number of hydrogen-bond donors (Lipinski definition) is 1. The van der Waals surface area contributed by atoms with Crippen LogP contribution in [0, 0.1) is 13.8 Å². The second-order valence-corrected chi connectivity index (χ2v) is 5.88. The summed E-state index contributed by atoms with van der Waals surface area (Å²) in [6.45, 7) is 4.32. The van der Waals surface area contributed by atoms with E-state index in [4.69, 9.17) is 4.42 Å². The Kier molecular flexibility index (Phi) is 3.64. The van der Waals surface area contributed by atoms with Gasteiger partial charge in [-0.15, -0.1) is 0 Å². The zero-order chi connectivity index (χ0) is 15.9. The van der Waals surface area contributed by atoms with E-state index in [0.29, 0.717) is 30.2 Å². The van der Waals surface area contributed by atoms with E-state index >= 15 is 0 Å². The minimum Gasteiger partial charge on any atom is -0.481 e. The molecule has 0 radical (unpaired) electrons. The molecular weight excluding hydrogens is 282 g/mol. The second kappa shape index (κ2) is 5.48. The normalized spacial score (nSPS) is 17.8. The highest BCUT2D eigenvalue weighted by Gasteiger charge is 2.30. The van der Waals surface area contributed by atoms with Crippen LogP contribution < -0.4 is 0 Å². The maximum atomic E-state index is 12.7. The Hall–Kier alpha value is -2.30. The number of furan rings is 1. The molecule has 3 heterocycles. The topological polar surface area (TPSA) is 72.4 Å². The predicted molar refractivity (Wildman–Crippen MR) is 80.3 cm³/mol. The molecule has 2 aromatic rings. The lowest BCUT2D eigenvalue weighted by atomic mass is 9.99. The summed E-state index contributed by atoms with van der Waals surface area (Å²) in [5.74, 6) is -0.554. The van der Waals surface area contributed by atoms with Crippen LogP contribution in [0.4, 0.5) is 0 Å². The summed E-state index contributed by atoms with van der Waals surface area (Å²) in [6.07, 6.45) is 2.35. The number of fused-ring (bicyclic) bond motifs is 1. The van der Waals surface area contributed by atoms with E-state index < -0.39 is 11.9 Å². The lowest BCUT2D eigenvalue weighted by Crippen LogP contribution is -2.17. The minimum atomic E-state index is -0.825. The fraction of sp³-hybridized carbons (Fsp3) is 0.412. The van der Waals surface area contributed by atoms with Crippen molar-refractivity contribution in [2.24, 2.45) is 0 Å². The van der Waals surface area contributed by atoms with Gasteiger partial charge in [-0.05, 0) is 50.5 Å². The Morgan fingerprint density at radius 3 is 2.68 bits per heavy atom. The highest BCUT2D eigenvalue weighted by molar-refractivity contribution is 6.07. The van der Waals surface area contributed by atoms with Crippen LogP contribution in [0.1, 0.15) is 58.4 Å². The molecule has 2 aromatic heterocycles. The van der Waals surface area contributed by atoms with E-state index in [1.165, 1.54) is 0 Å². The van der Waals surface area contributed by atoms with E-state index in [1.54, 1.807) is 19.1 Å². The summed E-state index contributed by atoms with van der Waals surface area (Å²) in [6, 6.07) is 5.27. The first kappa shape index (κ1) is 14.6. The summed E-state index contributed by atoms with van der Waals surface area (Å²) in [4.78, 5) is 24.3. The largest absolute Gasteiger partial charge is 0.481 e. The Labute approximate surface area is 128 Å². The number of carboxylic acids is 1. The number of aliphatic carboxylic acids is 1. The van der Waals surface area contributed by atoms with Crippen molar-refractivity contribution in [3.63, 3.8) is 0 Å². The van der Waals surface area contributed by atoms with E-state index in [2.05, 4.69) is 0 Å². The fourth-order valence-electron chi connectivity index (χ4n) is 3.23. The van der Waals surface area contributed by atoms with Crippen LogP contribution in [-0.4, -0.2) is 21.4 Å². The third-order valence-electron chi connectivity index (χ3n) is 4.28. The van der Waals surface area contributed by atoms with Crippen molar-refractivity contribution < 1.29 is 19.1 Å². The van der Waals surface area contributed by atoms with E-state index in [-0.39, 0.29) is 5.78 Å². The summed E-state index contributed by atoms with van der Waals surface area (Å²) in [7, 11) is 0. The number of aromatic nitrogens is 1. The van der Waals surface area contributed by atoms with Gasteiger partial charge in [-0.2, -0.15) is 0 Å². The van der Waals surface area contributed by atoms with Gasteiger partial charge in [0.25, 0.3) is 0 Å². The van der Waals surface area contributed by atoms with Crippen LogP contribution in [0.3, 0.4) is 0 Å². The minimum absolute atomic E-state index is 0.178. The molecule has 0 saturated heterocycles. The zero-order valence-electron chi connectivity index (χ0n) is 12.8. The Morgan fingerprint density at radius 1 is 1.27 bits per heavy atom. The molecule has 0 aromatic carbocycles. The molecule has 1 atom stereocenters. The first-order valence-electron chi connectivity index (χ1n) is 7.53. The van der Waals surface area contributed by atoms with Crippen molar-refractivity contribution in [1.29, 1.82) is 0 Å². The summed E-state index contributed by atoms with van der Waals surface area (Å²) in [5, 5.41) is 9.45. The molecule has 1 unspecified atom stereocenters. The number of aryl methyl sites for hydroxylation is 2. The number of ketones is 1. The van der Waals surface area contributed by atoms with Gasteiger partial charge in [-0.25, -0.2) is 0 Å². The van der Waals surface area contributed by atoms with Crippen LogP contribution in [0.5, 0.6) is 0 Å². The highest BCUT2D eigenvalue weighted by Crippen LogP contribution is 2.32. The molecule has 22 heavy (non-hydrogen) atoms. The number of carboxylic acid groups (broad SMARTS) is 1. The van der Waals surface area contributed by atoms with Crippen molar-refractivity contribution in [2.45, 2.75) is 45.6 Å². The number of nitrogens with zero attached hydrogens (tertiary/aromatic N) is 1. The van der Waals surface area contributed by atoms with Crippen LogP contribution in [0.2, 0.25) is 0 Å². The Bertz CT molecular complexity index is 738. The number of rotatable bonds is 3. The highest BCUT2D eigenvalue weighted by atomic mass is 16.4. The van der Waals surface area contributed by atoms with Crippen molar-refractivity contribution in [3.05, 3.63) is 46.7 Å². The summed E-state index contributed by atoms with van der Waals surface area (Å²) >= 11 is 0. The van der Waals surface area contributed by atoms with Gasteiger partial charge in [0.2, 0.25) is 5.78 Å². The first-order chi connectivity index (χ1) is 10.5. The molecule has 3 rings (SSSR count). The van der Waals surface area contributed by atoms with Crippen LogP contribution >= 0.6 is 0 Å². The van der Waals surface area contributed by atoms with Gasteiger partial charge in [0.15, 0.2) is 5.76 Å². The van der Waals surface area contributed by atoms with Crippen molar-refractivity contribution in [2.75, 3.05) is 0 Å². The molecule has 1 aliphatic heterocycles. The van der Waals surface area contributed by atoms with Crippen LogP contribution in [-0.2, 0) is 11.3 Å². The lowest BCUT2D eigenvalue weighted by Gasteiger charge is -2.13. The van der Waals surface area contributed by atoms with Crippen molar-refractivity contribution >= 4 is 11.8 Å². The van der Waals surface area contributed by atoms with Crippen molar-refractivity contribution in [1.82, 2.24) is 4.57 Å². The smallest absolute Gasteiger partial charge is 0.312 e. The van der Waals surface area contributed by atoms with Gasteiger partial charge in [-0.1, -0.05) is 6.42 Å². The molecule has 0 spiro atoms. The van der Waals surface area contributed by atoms with E-state index in [0.717, 1.165) is 24.1 Å². The maximum absolute atomic E-state index is 12.7. The summed E-state index contributed by atoms with van der Waals surface area (Å²) < 4.78 is 7.32. The molecule has 0 bridgehead atoms. The van der Waals surface area contributed by atoms with Gasteiger partial charge in [-0.3, -0.25) is 9.59 Å². The quantitative estimate of drug-likeness (QED) is 0.883. The van der Waals surface area contributed by atoms with Gasteiger partial charge in [0.1, 0.15) is 5.76 Å². The van der Waals surface area contributed by atoms with Gasteiger partial charge < -0.3 is 14.1 Å². The van der Waals surface area contributed by atoms with Gasteiger partial charge in [0.05, 0.1) is 11.6 Å². The number of carbonyl (C=O) groups is 2. The molecule has 5 nitrogen and oxygen atoms in total. The molecular formula is C17H19NO4. The average Bonchev–Trinajstić information content (AvgIpc) is 2.96. The van der Waals surface area contributed by atoms with Crippen LogP contribution in [0.15, 0.2) is 22.6 Å².